The number of nitrogens with one attached hydrogen (secondary N) is 6. The third-order valence-corrected chi connectivity index (χ3v) is 3.68. The smallest absolute Gasteiger partial charge is 0.204 e. The predicted octanol–water partition coefficient (Wildman–Crippen LogP) is 2.19. The predicted molar refractivity (Wildman–Crippen MR) is 134 cm³/mol. The van der Waals surface area contributed by atoms with Crippen molar-refractivity contribution in [3.8, 4) is 12.1 Å². The molecule has 0 saturated heterocycles. The van der Waals surface area contributed by atoms with E-state index in [1.807, 2.05) is 12.1 Å². The second kappa shape index (κ2) is 11.8. The second-order valence-corrected chi connectivity index (χ2v) is 9.82. The topological polar surface area (TPSA) is 169 Å². The van der Waals surface area contributed by atoms with Crippen LogP contribution in [-0.2, 0) is 0 Å². The Morgan fingerprint density at radius 1 is 0.562 bits per heavy atom. The molecule has 0 aromatic carbocycles. The molecule has 176 valence electrons. The summed E-state index contributed by atoms with van der Waals surface area (Å²) in [6.45, 7) is 13.6. The van der Waals surface area contributed by atoms with Gasteiger partial charge >= 0.3 is 0 Å². The Labute approximate surface area is 205 Å². The first-order valence-corrected chi connectivity index (χ1v) is 10.6. The number of rotatable bonds is 6. The van der Waals surface area contributed by atoms with Crippen molar-refractivity contribution in [1.29, 1.82) is 10.5 Å². The van der Waals surface area contributed by atoms with Crippen LogP contribution in [0.15, 0.2) is 20.5 Å². The molecule has 0 amide bonds. The van der Waals surface area contributed by atoms with Crippen molar-refractivity contribution in [3.63, 3.8) is 0 Å². The molecule has 0 heterocycles. The van der Waals surface area contributed by atoms with E-state index in [-0.39, 0.29) is 15.3 Å². The maximum atomic E-state index is 9.00. The van der Waals surface area contributed by atoms with Crippen molar-refractivity contribution in [2.45, 2.75) is 77.8 Å². The normalized spacial score (nSPS) is 12.4. The summed E-state index contributed by atoms with van der Waals surface area (Å²) in [5, 5.41) is 40.6. The lowest BCUT2D eigenvalue weighted by molar-refractivity contribution is 0.427. The maximum Gasteiger partial charge on any atom is 0.204 e. The molecule has 12 nitrogen and oxygen atoms in total. The van der Waals surface area contributed by atoms with Crippen LogP contribution in [0.3, 0.4) is 0 Å². The lowest BCUT2D eigenvalue weighted by atomic mass is 10.1. The number of nitriles is 2. The van der Waals surface area contributed by atoms with Gasteiger partial charge in [0.15, 0.2) is 21.3 Å². The van der Waals surface area contributed by atoms with Crippen molar-refractivity contribution in [2.75, 3.05) is 0 Å². The van der Waals surface area contributed by atoms with Gasteiger partial charge in [-0.15, -0.1) is 0 Å². The van der Waals surface area contributed by atoms with Gasteiger partial charge in [0, 0.05) is 0 Å². The minimum Gasteiger partial charge on any atom is -0.336 e. The minimum absolute atomic E-state index is 0.147. The Morgan fingerprint density at radius 3 is 1.12 bits per heavy atom. The fraction of sp³-hybridized carbons (Fsp3) is 0.706. The van der Waals surface area contributed by atoms with Gasteiger partial charge in [-0.05, 0) is 92.0 Å². The van der Waals surface area contributed by atoms with Gasteiger partial charge in [0.05, 0.1) is 12.1 Å². The van der Waals surface area contributed by atoms with Crippen LogP contribution in [0.1, 0.15) is 55.4 Å². The molecule has 0 rings (SSSR count). The van der Waals surface area contributed by atoms with E-state index in [0.29, 0.717) is 0 Å². The van der Waals surface area contributed by atoms with Gasteiger partial charge in [-0.25, -0.2) is 0 Å². The zero-order valence-corrected chi connectivity index (χ0v) is 21.9. The molecule has 0 saturated carbocycles. The molecule has 0 aliphatic rings. The van der Waals surface area contributed by atoms with Crippen molar-refractivity contribution in [1.82, 2.24) is 32.3 Å². The number of nitrogens with zero attached hydrogens (tertiary/aromatic N) is 6. The molecule has 15 heteroatoms. The first-order valence-electron chi connectivity index (χ1n) is 9.35. The fourth-order valence-corrected chi connectivity index (χ4v) is 2.17. The quantitative estimate of drug-likeness (QED) is 0.180. The molecule has 0 spiro atoms. The van der Waals surface area contributed by atoms with Crippen molar-refractivity contribution >= 4 is 52.0 Å². The van der Waals surface area contributed by atoms with Crippen LogP contribution < -0.4 is 32.3 Å². The number of thiocarbonyl (C=S) groups is 3. The number of hydrogen-bond donors (Lipinski definition) is 6. The Bertz CT molecular complexity index is 778. The molecule has 6 N–H and O–H groups in total. The molecule has 0 fully saturated rings. The number of hydrazine groups is 2. The first kappa shape index (κ1) is 29.2. The Balaban J connectivity index is 4.51. The number of azo groups is 2. The average molecular weight is 499 g/mol. The van der Waals surface area contributed by atoms with E-state index < -0.39 is 22.4 Å². The first-order chi connectivity index (χ1) is 14.4. The molecular weight excluding hydrogens is 468 g/mol. The van der Waals surface area contributed by atoms with E-state index in [1.165, 1.54) is 0 Å². The zero-order valence-electron chi connectivity index (χ0n) is 19.4. The van der Waals surface area contributed by atoms with E-state index in [0.717, 1.165) is 0 Å². The highest BCUT2D eigenvalue weighted by molar-refractivity contribution is 7.81. The summed E-state index contributed by atoms with van der Waals surface area (Å²) < 4.78 is 0. The van der Waals surface area contributed by atoms with Crippen LogP contribution in [0.2, 0.25) is 0 Å². The van der Waals surface area contributed by atoms with Crippen LogP contribution in [0.5, 0.6) is 0 Å². The second-order valence-electron chi connectivity index (χ2n) is 8.60. The summed E-state index contributed by atoms with van der Waals surface area (Å²) >= 11 is 15.5. The highest BCUT2D eigenvalue weighted by Crippen LogP contribution is 2.13. The van der Waals surface area contributed by atoms with E-state index in [9.17, 15) is 0 Å². The standard InChI is InChI=1S/C17H30N12S3/c1-14(2,9-18)26-28-16(5,6)20-11(30)22-24-13(32)25-23-12(31)21-17(7,8)29-27-15(3,4)10-19/h1-8H3,(H2,20,22,30)(H2,21,23,31)(H2,24,25,32)/b28-26+,29-27+. The van der Waals surface area contributed by atoms with Crippen LogP contribution in [-0.4, -0.2) is 37.7 Å². The van der Waals surface area contributed by atoms with Gasteiger partial charge in [-0.2, -0.15) is 31.0 Å². The summed E-state index contributed by atoms with van der Waals surface area (Å²) in [4.78, 5) is 0. The van der Waals surface area contributed by atoms with Crippen molar-refractivity contribution < 1.29 is 0 Å². The summed E-state index contributed by atoms with van der Waals surface area (Å²) in [6.07, 6.45) is 0. The summed E-state index contributed by atoms with van der Waals surface area (Å²) in [5.41, 5.74) is 7.18. The summed E-state index contributed by atoms with van der Waals surface area (Å²) in [7, 11) is 0. The third-order valence-electron chi connectivity index (χ3n) is 3.07. The molecule has 0 atom stereocenters. The highest BCUT2D eigenvalue weighted by Gasteiger charge is 2.22. The fourth-order valence-electron chi connectivity index (χ4n) is 1.47. The van der Waals surface area contributed by atoms with Gasteiger partial charge in [-0.3, -0.25) is 21.7 Å². The van der Waals surface area contributed by atoms with E-state index in [1.54, 1.807) is 55.4 Å². The third kappa shape index (κ3) is 13.5. The molecule has 0 radical (unpaired) electrons. The summed E-state index contributed by atoms with van der Waals surface area (Å²) in [5.74, 6) is 0. The van der Waals surface area contributed by atoms with Gasteiger partial charge in [-0.1, -0.05) is 0 Å². The monoisotopic (exact) mass is 498 g/mol. The van der Waals surface area contributed by atoms with Crippen LogP contribution in [0.25, 0.3) is 0 Å². The average Bonchev–Trinajstić information content (AvgIpc) is 2.67. The van der Waals surface area contributed by atoms with Crippen molar-refractivity contribution in [2.24, 2.45) is 20.5 Å². The lowest BCUT2D eigenvalue weighted by Crippen LogP contribution is -2.58. The van der Waals surface area contributed by atoms with Gasteiger partial charge < -0.3 is 10.6 Å². The van der Waals surface area contributed by atoms with Gasteiger partial charge in [0.1, 0.15) is 11.3 Å². The summed E-state index contributed by atoms with van der Waals surface area (Å²) in [6, 6.07) is 4.08. The Hall–Kier alpha value is -2.75. The molecular formula is C17H30N12S3. The van der Waals surface area contributed by atoms with E-state index in [2.05, 4.69) is 52.8 Å². The van der Waals surface area contributed by atoms with Crippen LogP contribution in [0, 0.1) is 22.7 Å². The lowest BCUT2D eigenvalue weighted by Gasteiger charge is -2.25. The molecule has 32 heavy (non-hydrogen) atoms. The van der Waals surface area contributed by atoms with E-state index in [4.69, 9.17) is 47.2 Å². The van der Waals surface area contributed by atoms with Gasteiger partial charge in [0.2, 0.25) is 5.11 Å². The maximum absolute atomic E-state index is 9.00. The zero-order chi connectivity index (χ0) is 25.2. The van der Waals surface area contributed by atoms with Crippen LogP contribution >= 0.6 is 36.7 Å². The largest absolute Gasteiger partial charge is 0.336 e. The molecule has 0 aromatic rings. The van der Waals surface area contributed by atoms with E-state index >= 15 is 0 Å². The Morgan fingerprint density at radius 2 is 0.844 bits per heavy atom. The Kier molecular flexibility index (Phi) is 10.7. The van der Waals surface area contributed by atoms with Crippen molar-refractivity contribution in [3.05, 3.63) is 0 Å². The highest BCUT2D eigenvalue weighted by atomic mass is 32.1. The molecule has 0 bridgehead atoms. The minimum atomic E-state index is -0.933. The molecule has 0 unspecified atom stereocenters. The molecule has 0 aliphatic heterocycles. The molecule has 0 aliphatic carbocycles. The van der Waals surface area contributed by atoms with Crippen LogP contribution in [0.4, 0.5) is 0 Å². The molecule has 0 aromatic heterocycles. The number of hydrogen-bond acceptors (Lipinski definition) is 9. The SMILES string of the molecule is CC(C)(C#N)/N=N/C(C)(C)NC(=S)NNC(=S)NNC(=S)NC(C)(C)/N=N/C(C)(C)C#N. The van der Waals surface area contributed by atoms with Gasteiger partial charge in [0.25, 0.3) is 0 Å².